The number of benzene rings is 2. The van der Waals surface area contributed by atoms with E-state index in [0.29, 0.717) is 16.3 Å². The van der Waals surface area contributed by atoms with Gasteiger partial charge in [-0.15, -0.1) is 0 Å². The number of carbonyl (C=O) groups excluding carboxylic acids is 1. The van der Waals surface area contributed by atoms with E-state index in [1.54, 1.807) is 24.3 Å². The summed E-state index contributed by atoms with van der Waals surface area (Å²) in [6, 6.07) is 10.5. The van der Waals surface area contributed by atoms with Gasteiger partial charge in [-0.3, -0.25) is 0 Å². The van der Waals surface area contributed by atoms with E-state index in [2.05, 4.69) is 15.9 Å². The molecule has 0 spiro atoms. The van der Waals surface area contributed by atoms with Crippen molar-refractivity contribution >= 4 is 33.5 Å². The number of aryl methyl sites for hydroxylation is 2. The summed E-state index contributed by atoms with van der Waals surface area (Å²) in [4.78, 5) is 12.0. The molecule has 0 atom stereocenters. The molecule has 2 aromatic rings. The van der Waals surface area contributed by atoms with Gasteiger partial charge in [-0.25, -0.2) is 4.79 Å². The average Bonchev–Trinajstić information content (AvgIpc) is 2.37. The van der Waals surface area contributed by atoms with Gasteiger partial charge in [-0.2, -0.15) is 0 Å². The molecule has 0 aliphatic heterocycles. The minimum absolute atomic E-state index is 0.402. The van der Waals surface area contributed by atoms with Gasteiger partial charge in [-0.05, 0) is 49.2 Å². The Bertz CT molecular complexity index is 638. The van der Waals surface area contributed by atoms with Gasteiger partial charge in [0.05, 0.1) is 5.56 Å². The van der Waals surface area contributed by atoms with Crippen LogP contribution in [0.15, 0.2) is 40.9 Å². The minimum atomic E-state index is -0.402. The number of rotatable bonds is 2. The molecule has 2 rings (SSSR count). The molecule has 2 nitrogen and oxygen atoms in total. The summed E-state index contributed by atoms with van der Waals surface area (Å²) in [7, 11) is 0. The van der Waals surface area contributed by atoms with Gasteiger partial charge in [0, 0.05) is 9.50 Å². The van der Waals surface area contributed by atoms with Crippen molar-refractivity contribution in [2.75, 3.05) is 0 Å². The molecule has 0 N–H and O–H groups in total. The molecule has 0 saturated carbocycles. The van der Waals surface area contributed by atoms with Gasteiger partial charge in [0.25, 0.3) is 0 Å². The highest BCUT2D eigenvalue weighted by atomic mass is 79.9. The molecule has 0 saturated heterocycles. The van der Waals surface area contributed by atoms with Crippen molar-refractivity contribution in [2.45, 2.75) is 13.8 Å². The van der Waals surface area contributed by atoms with Gasteiger partial charge >= 0.3 is 5.97 Å². The van der Waals surface area contributed by atoms with Crippen molar-refractivity contribution in [3.8, 4) is 5.75 Å². The van der Waals surface area contributed by atoms with E-state index in [4.69, 9.17) is 16.3 Å². The Hall–Kier alpha value is -1.32. The van der Waals surface area contributed by atoms with Crippen LogP contribution in [0.2, 0.25) is 5.02 Å². The quantitative estimate of drug-likeness (QED) is 0.572. The summed E-state index contributed by atoms with van der Waals surface area (Å²) < 4.78 is 6.17. The third-order valence-corrected chi connectivity index (χ3v) is 4.02. The third kappa shape index (κ3) is 3.37. The highest BCUT2D eigenvalue weighted by Gasteiger charge is 2.10. The fourth-order valence-electron chi connectivity index (χ4n) is 1.52. The summed E-state index contributed by atoms with van der Waals surface area (Å²) in [5, 5.41) is 0.579. The van der Waals surface area contributed by atoms with Gasteiger partial charge in [0.15, 0.2) is 0 Å². The molecule has 0 bridgehead atoms. The molecular weight excluding hydrogens is 328 g/mol. The van der Waals surface area contributed by atoms with Crippen molar-refractivity contribution in [3.63, 3.8) is 0 Å². The van der Waals surface area contributed by atoms with Crippen LogP contribution in [0.1, 0.15) is 21.5 Å². The number of hydrogen-bond donors (Lipinski definition) is 0. The molecule has 0 heterocycles. The second kappa shape index (κ2) is 5.76. The van der Waals surface area contributed by atoms with Gasteiger partial charge in [0.1, 0.15) is 5.75 Å². The van der Waals surface area contributed by atoms with Crippen molar-refractivity contribution in [1.82, 2.24) is 0 Å². The zero-order valence-corrected chi connectivity index (χ0v) is 12.9. The molecule has 19 heavy (non-hydrogen) atoms. The van der Waals surface area contributed by atoms with Crippen LogP contribution in [0.25, 0.3) is 0 Å². The first-order valence-corrected chi connectivity index (χ1v) is 6.89. The second-order valence-corrected chi connectivity index (χ2v) is 5.53. The summed E-state index contributed by atoms with van der Waals surface area (Å²) in [6.45, 7) is 3.85. The predicted molar refractivity (Wildman–Crippen MR) is 80.0 cm³/mol. The zero-order valence-electron chi connectivity index (χ0n) is 10.5. The van der Waals surface area contributed by atoms with Crippen molar-refractivity contribution in [1.29, 1.82) is 0 Å². The standard InChI is InChI=1S/C15H12BrClO2/c1-9-3-5-11(7-13(9)16)15(18)19-12-6-4-10(2)14(17)8-12/h3-8H,1-2H3. The van der Waals surface area contributed by atoms with Crippen LogP contribution in [0, 0.1) is 13.8 Å². The summed E-state index contributed by atoms with van der Waals surface area (Å²) in [6.07, 6.45) is 0. The molecule has 0 aromatic heterocycles. The monoisotopic (exact) mass is 338 g/mol. The van der Waals surface area contributed by atoms with Crippen LogP contribution >= 0.6 is 27.5 Å². The normalized spacial score (nSPS) is 10.3. The van der Waals surface area contributed by atoms with Gasteiger partial charge in [0.2, 0.25) is 0 Å². The molecule has 4 heteroatoms. The minimum Gasteiger partial charge on any atom is -0.423 e. The first-order valence-electron chi connectivity index (χ1n) is 5.72. The highest BCUT2D eigenvalue weighted by molar-refractivity contribution is 9.10. The van der Waals surface area contributed by atoms with E-state index in [9.17, 15) is 4.79 Å². The van der Waals surface area contributed by atoms with Crippen LogP contribution in [-0.4, -0.2) is 5.97 Å². The lowest BCUT2D eigenvalue weighted by molar-refractivity contribution is 0.0734. The highest BCUT2D eigenvalue weighted by Crippen LogP contribution is 2.23. The molecule has 98 valence electrons. The topological polar surface area (TPSA) is 26.3 Å². The predicted octanol–water partition coefficient (Wildman–Crippen LogP) is 4.94. The first kappa shape index (κ1) is 14.1. The van der Waals surface area contributed by atoms with Crippen molar-refractivity contribution in [2.24, 2.45) is 0 Å². The third-order valence-electron chi connectivity index (χ3n) is 2.76. The molecule has 0 aliphatic carbocycles. The van der Waals surface area contributed by atoms with Crippen LogP contribution < -0.4 is 4.74 Å². The zero-order chi connectivity index (χ0) is 14.0. The second-order valence-electron chi connectivity index (χ2n) is 4.26. The Kier molecular flexibility index (Phi) is 4.27. The molecule has 2 aromatic carbocycles. The summed E-state index contributed by atoms with van der Waals surface area (Å²) in [5.74, 6) is 0.0397. The lowest BCUT2D eigenvalue weighted by atomic mass is 10.1. The maximum atomic E-state index is 12.0. The molecule has 0 radical (unpaired) electrons. The summed E-state index contributed by atoms with van der Waals surface area (Å²) >= 11 is 9.38. The smallest absolute Gasteiger partial charge is 0.343 e. The average molecular weight is 340 g/mol. The number of halogens is 2. The van der Waals surface area contributed by atoms with E-state index in [1.807, 2.05) is 26.0 Å². The van der Waals surface area contributed by atoms with Crippen LogP contribution in [0.5, 0.6) is 5.75 Å². The lowest BCUT2D eigenvalue weighted by Gasteiger charge is -2.07. The fourth-order valence-corrected chi connectivity index (χ4v) is 2.07. The van der Waals surface area contributed by atoms with E-state index in [0.717, 1.165) is 15.6 Å². The first-order chi connectivity index (χ1) is 8.97. The Morgan fingerprint density at radius 1 is 1.11 bits per heavy atom. The van der Waals surface area contributed by atoms with Crippen LogP contribution in [-0.2, 0) is 0 Å². The lowest BCUT2D eigenvalue weighted by Crippen LogP contribution is -2.08. The van der Waals surface area contributed by atoms with E-state index in [1.165, 1.54) is 0 Å². The Labute approximate surface area is 125 Å². The van der Waals surface area contributed by atoms with E-state index in [-0.39, 0.29) is 0 Å². The maximum absolute atomic E-state index is 12.0. The van der Waals surface area contributed by atoms with E-state index < -0.39 is 5.97 Å². The Balaban J connectivity index is 2.20. The maximum Gasteiger partial charge on any atom is 0.343 e. The SMILES string of the molecule is Cc1ccc(OC(=O)c2ccc(C)c(Br)c2)cc1Cl. The largest absolute Gasteiger partial charge is 0.423 e. The van der Waals surface area contributed by atoms with Gasteiger partial charge < -0.3 is 4.74 Å². The van der Waals surface area contributed by atoms with E-state index >= 15 is 0 Å². The molecule has 0 amide bonds. The summed E-state index contributed by atoms with van der Waals surface area (Å²) in [5.41, 5.74) is 2.50. The molecule has 0 aliphatic rings. The number of esters is 1. The van der Waals surface area contributed by atoms with Crippen molar-refractivity contribution in [3.05, 3.63) is 62.6 Å². The number of ether oxygens (including phenoxy) is 1. The number of hydrogen-bond acceptors (Lipinski definition) is 2. The molecular formula is C15H12BrClO2. The van der Waals surface area contributed by atoms with Crippen molar-refractivity contribution < 1.29 is 9.53 Å². The van der Waals surface area contributed by atoms with Crippen LogP contribution in [0.4, 0.5) is 0 Å². The molecule has 0 fully saturated rings. The fraction of sp³-hybridized carbons (Fsp3) is 0.133. The Morgan fingerprint density at radius 3 is 2.42 bits per heavy atom. The molecule has 0 unspecified atom stereocenters. The van der Waals surface area contributed by atoms with Crippen LogP contribution in [0.3, 0.4) is 0 Å². The van der Waals surface area contributed by atoms with Gasteiger partial charge in [-0.1, -0.05) is 39.7 Å². The Morgan fingerprint density at radius 2 is 1.79 bits per heavy atom. The number of carbonyl (C=O) groups is 1.